The number of nitrogens with zero attached hydrogens (tertiary/aromatic N) is 2. The predicted octanol–water partition coefficient (Wildman–Crippen LogP) is 1.83. The van der Waals surface area contributed by atoms with Crippen molar-refractivity contribution in [1.29, 1.82) is 0 Å². The van der Waals surface area contributed by atoms with E-state index in [0.29, 0.717) is 5.56 Å². The van der Waals surface area contributed by atoms with Crippen LogP contribution in [0, 0.1) is 0 Å². The van der Waals surface area contributed by atoms with Gasteiger partial charge in [-0.1, -0.05) is 6.07 Å². The Kier molecular flexibility index (Phi) is 3.17. The summed E-state index contributed by atoms with van der Waals surface area (Å²) in [6.45, 7) is 0.774. The number of fused-ring (bicyclic) bond motifs is 1. The molecular weight excluding hydrogens is 240 g/mol. The summed E-state index contributed by atoms with van der Waals surface area (Å²) >= 11 is 0. The number of benzene rings is 1. The molecule has 1 N–H and O–H groups in total. The molecule has 0 spiro atoms. The highest BCUT2D eigenvalue weighted by molar-refractivity contribution is 5.98. The van der Waals surface area contributed by atoms with Crippen LogP contribution in [0.3, 0.4) is 0 Å². The van der Waals surface area contributed by atoms with Crippen molar-refractivity contribution in [2.75, 3.05) is 13.2 Å². The average molecular weight is 256 g/mol. The third kappa shape index (κ3) is 2.19. The molecule has 0 bridgehead atoms. The monoisotopic (exact) mass is 256 g/mol. The van der Waals surface area contributed by atoms with E-state index in [-0.39, 0.29) is 18.6 Å². The quantitative estimate of drug-likeness (QED) is 0.892. The second kappa shape index (κ2) is 4.97. The molecule has 1 aromatic carbocycles. The molecule has 0 radical (unpaired) electrons. The lowest BCUT2D eigenvalue weighted by Gasteiger charge is -2.23. The second-order valence-corrected chi connectivity index (χ2v) is 4.89. The molecule has 19 heavy (non-hydrogen) atoms. The summed E-state index contributed by atoms with van der Waals surface area (Å²) in [7, 11) is 0. The molecule has 0 unspecified atom stereocenters. The Labute approximate surface area is 111 Å². The largest absolute Gasteiger partial charge is 0.394 e. The maximum absolute atomic E-state index is 12.5. The number of carbonyl (C=O) groups is 1. The number of carbonyl (C=O) groups excluding carboxylic acids is 1. The van der Waals surface area contributed by atoms with Gasteiger partial charge < -0.3 is 10.0 Å². The summed E-state index contributed by atoms with van der Waals surface area (Å²) in [5, 5.41) is 10.3. The fourth-order valence-corrected chi connectivity index (χ4v) is 2.67. The lowest BCUT2D eigenvalue weighted by Crippen LogP contribution is -2.37. The lowest BCUT2D eigenvalue weighted by molar-refractivity contribution is 0.0678. The van der Waals surface area contributed by atoms with Gasteiger partial charge in [-0.05, 0) is 37.1 Å². The van der Waals surface area contributed by atoms with Gasteiger partial charge in [-0.25, -0.2) is 0 Å². The summed E-state index contributed by atoms with van der Waals surface area (Å²) in [5.41, 5.74) is 1.56. The number of aromatic nitrogens is 1. The fraction of sp³-hybridized carbons (Fsp3) is 0.333. The van der Waals surface area contributed by atoms with Crippen LogP contribution in [0.1, 0.15) is 23.2 Å². The summed E-state index contributed by atoms with van der Waals surface area (Å²) in [5.74, 6) is 0.00213. The summed E-state index contributed by atoms with van der Waals surface area (Å²) in [6, 6.07) is 9.33. The van der Waals surface area contributed by atoms with Gasteiger partial charge in [0.05, 0.1) is 18.2 Å². The van der Waals surface area contributed by atoms with Crippen LogP contribution < -0.4 is 0 Å². The lowest BCUT2D eigenvalue weighted by atomic mass is 10.1. The molecule has 1 atom stereocenters. The average Bonchev–Trinajstić information content (AvgIpc) is 2.94. The Morgan fingerprint density at radius 2 is 2.32 bits per heavy atom. The Balaban J connectivity index is 1.93. The van der Waals surface area contributed by atoms with Crippen LogP contribution >= 0.6 is 0 Å². The second-order valence-electron chi connectivity index (χ2n) is 4.89. The molecule has 1 saturated heterocycles. The zero-order chi connectivity index (χ0) is 13.2. The maximum atomic E-state index is 12.5. The van der Waals surface area contributed by atoms with Crippen molar-refractivity contribution >= 4 is 16.8 Å². The Bertz CT molecular complexity index is 612. The zero-order valence-corrected chi connectivity index (χ0v) is 10.6. The van der Waals surface area contributed by atoms with Crippen molar-refractivity contribution in [3.8, 4) is 0 Å². The van der Waals surface area contributed by atoms with Gasteiger partial charge in [0.15, 0.2) is 0 Å². The van der Waals surface area contributed by atoms with E-state index in [0.717, 1.165) is 30.3 Å². The van der Waals surface area contributed by atoms with Gasteiger partial charge in [0.25, 0.3) is 5.91 Å². The van der Waals surface area contributed by atoms with Gasteiger partial charge in [0.1, 0.15) is 0 Å². The number of amides is 1. The molecule has 1 amide bonds. The molecule has 98 valence electrons. The first-order valence-electron chi connectivity index (χ1n) is 6.56. The first-order valence-corrected chi connectivity index (χ1v) is 6.56. The van der Waals surface area contributed by atoms with E-state index in [2.05, 4.69) is 4.98 Å². The fourth-order valence-electron chi connectivity index (χ4n) is 2.67. The van der Waals surface area contributed by atoms with Crippen LogP contribution in [-0.2, 0) is 0 Å². The van der Waals surface area contributed by atoms with Gasteiger partial charge in [-0.2, -0.15) is 0 Å². The summed E-state index contributed by atoms with van der Waals surface area (Å²) < 4.78 is 0. The number of hydrogen-bond donors (Lipinski definition) is 1. The van der Waals surface area contributed by atoms with Crippen LogP contribution in [-0.4, -0.2) is 40.1 Å². The van der Waals surface area contributed by atoms with E-state index in [1.54, 1.807) is 11.1 Å². The Morgan fingerprint density at radius 3 is 3.16 bits per heavy atom. The van der Waals surface area contributed by atoms with E-state index in [1.807, 2.05) is 30.3 Å². The molecule has 1 fully saturated rings. The molecular formula is C15H16N2O2. The molecule has 2 heterocycles. The number of aliphatic hydroxyl groups is 1. The Hall–Kier alpha value is -1.94. The number of pyridine rings is 1. The molecule has 3 rings (SSSR count). The smallest absolute Gasteiger partial charge is 0.254 e. The van der Waals surface area contributed by atoms with E-state index < -0.39 is 0 Å². The van der Waals surface area contributed by atoms with Gasteiger partial charge in [0, 0.05) is 23.7 Å². The topological polar surface area (TPSA) is 53.4 Å². The molecule has 4 heteroatoms. The number of likely N-dealkylation sites (tertiary alicyclic amines) is 1. The van der Waals surface area contributed by atoms with Crippen molar-refractivity contribution in [2.45, 2.75) is 18.9 Å². The minimum Gasteiger partial charge on any atom is -0.394 e. The highest BCUT2D eigenvalue weighted by atomic mass is 16.3. The minimum atomic E-state index is -0.0305. The van der Waals surface area contributed by atoms with E-state index in [9.17, 15) is 9.90 Å². The van der Waals surface area contributed by atoms with E-state index >= 15 is 0 Å². The first-order chi connectivity index (χ1) is 9.29. The molecule has 4 nitrogen and oxygen atoms in total. The van der Waals surface area contributed by atoms with Crippen molar-refractivity contribution < 1.29 is 9.90 Å². The molecule has 0 saturated carbocycles. The minimum absolute atomic E-state index is 0.00213. The number of aliphatic hydroxyl groups excluding tert-OH is 1. The van der Waals surface area contributed by atoms with Gasteiger partial charge in [-0.3, -0.25) is 9.78 Å². The molecule has 1 aliphatic heterocycles. The standard InChI is InChI=1S/C15H16N2O2/c18-10-13-4-2-8-17(13)15(19)12-5-6-14-11(9-12)3-1-7-16-14/h1,3,5-7,9,13,18H,2,4,8,10H2/t13-/m1/s1. The normalized spacial score (nSPS) is 19.0. The van der Waals surface area contributed by atoms with Gasteiger partial charge in [0.2, 0.25) is 0 Å². The highest BCUT2D eigenvalue weighted by Gasteiger charge is 2.28. The molecule has 1 aromatic heterocycles. The zero-order valence-electron chi connectivity index (χ0n) is 10.6. The third-order valence-electron chi connectivity index (χ3n) is 3.70. The van der Waals surface area contributed by atoms with Crippen molar-refractivity contribution in [3.05, 3.63) is 42.1 Å². The Morgan fingerprint density at radius 1 is 1.42 bits per heavy atom. The number of hydrogen-bond acceptors (Lipinski definition) is 3. The van der Waals surface area contributed by atoms with Gasteiger partial charge >= 0.3 is 0 Å². The maximum Gasteiger partial charge on any atom is 0.254 e. The SMILES string of the molecule is O=C(c1ccc2ncccc2c1)N1CCC[C@@H]1CO. The predicted molar refractivity (Wildman–Crippen MR) is 72.9 cm³/mol. The van der Waals surface area contributed by atoms with Gasteiger partial charge in [-0.15, -0.1) is 0 Å². The summed E-state index contributed by atoms with van der Waals surface area (Å²) in [4.78, 5) is 18.5. The third-order valence-corrected chi connectivity index (χ3v) is 3.70. The van der Waals surface area contributed by atoms with Crippen molar-refractivity contribution in [3.63, 3.8) is 0 Å². The van der Waals surface area contributed by atoms with Crippen LogP contribution in [0.15, 0.2) is 36.5 Å². The molecule has 2 aromatic rings. The van der Waals surface area contributed by atoms with Crippen LogP contribution in [0.2, 0.25) is 0 Å². The highest BCUT2D eigenvalue weighted by Crippen LogP contribution is 2.21. The molecule has 0 aliphatic carbocycles. The first kappa shape index (κ1) is 12.1. The summed E-state index contributed by atoms with van der Waals surface area (Å²) in [6.07, 6.45) is 3.59. The van der Waals surface area contributed by atoms with Crippen LogP contribution in [0.4, 0.5) is 0 Å². The molecule has 1 aliphatic rings. The van der Waals surface area contributed by atoms with Crippen molar-refractivity contribution in [1.82, 2.24) is 9.88 Å². The van der Waals surface area contributed by atoms with Crippen LogP contribution in [0.5, 0.6) is 0 Å². The van der Waals surface area contributed by atoms with Crippen molar-refractivity contribution in [2.24, 2.45) is 0 Å². The van der Waals surface area contributed by atoms with Crippen LogP contribution in [0.25, 0.3) is 10.9 Å². The van der Waals surface area contributed by atoms with E-state index in [4.69, 9.17) is 0 Å². The number of rotatable bonds is 2. The van der Waals surface area contributed by atoms with E-state index in [1.165, 1.54) is 0 Å².